The summed E-state index contributed by atoms with van der Waals surface area (Å²) in [5, 5.41) is 7.28. The Kier molecular flexibility index (Phi) is 3.48. The van der Waals surface area contributed by atoms with E-state index in [1.165, 1.54) is 6.07 Å². The third-order valence-electron chi connectivity index (χ3n) is 3.22. The van der Waals surface area contributed by atoms with Gasteiger partial charge in [-0.2, -0.15) is 4.98 Å². The minimum Gasteiger partial charge on any atom is -0.338 e. The molecule has 0 bridgehead atoms. The first-order valence-electron chi connectivity index (χ1n) is 6.23. The van der Waals surface area contributed by atoms with Crippen molar-refractivity contribution in [3.63, 3.8) is 0 Å². The predicted octanol–water partition coefficient (Wildman–Crippen LogP) is 2.88. The molecular weight excluding hydrogens is 269 g/mol. The molecule has 1 unspecified atom stereocenters. The number of nitrogens with zero attached hydrogens (tertiary/aromatic N) is 2. The van der Waals surface area contributed by atoms with Crippen LogP contribution >= 0.6 is 11.6 Å². The second-order valence-electron chi connectivity index (χ2n) is 4.59. The zero-order valence-corrected chi connectivity index (χ0v) is 11.0. The highest BCUT2D eigenvalue weighted by Crippen LogP contribution is 2.23. The lowest BCUT2D eigenvalue weighted by Gasteiger charge is -2.02. The first-order valence-corrected chi connectivity index (χ1v) is 6.60. The van der Waals surface area contributed by atoms with E-state index in [0.29, 0.717) is 17.3 Å². The summed E-state index contributed by atoms with van der Waals surface area (Å²) in [5.74, 6) is 0.634. The lowest BCUT2D eigenvalue weighted by Crippen LogP contribution is -2.13. The van der Waals surface area contributed by atoms with Gasteiger partial charge in [0, 0.05) is 6.42 Å². The van der Waals surface area contributed by atoms with Gasteiger partial charge in [0.1, 0.15) is 5.82 Å². The number of halogens is 2. The van der Waals surface area contributed by atoms with Crippen LogP contribution in [0.25, 0.3) is 0 Å². The molecule has 1 N–H and O–H groups in total. The van der Waals surface area contributed by atoms with Crippen LogP contribution in [0.2, 0.25) is 5.02 Å². The Hall–Kier alpha value is -1.46. The molecule has 6 heteroatoms. The van der Waals surface area contributed by atoms with E-state index in [9.17, 15) is 4.39 Å². The van der Waals surface area contributed by atoms with Crippen LogP contribution in [0.3, 0.4) is 0 Å². The molecule has 1 atom stereocenters. The first-order chi connectivity index (χ1) is 9.24. The number of rotatable bonds is 3. The highest BCUT2D eigenvalue weighted by molar-refractivity contribution is 6.30. The quantitative estimate of drug-likeness (QED) is 0.940. The van der Waals surface area contributed by atoms with Crippen molar-refractivity contribution in [1.82, 2.24) is 15.5 Å². The normalized spacial score (nSPS) is 18.9. The van der Waals surface area contributed by atoms with Gasteiger partial charge in [-0.15, -0.1) is 0 Å². The van der Waals surface area contributed by atoms with Gasteiger partial charge in [0.2, 0.25) is 5.89 Å². The summed E-state index contributed by atoms with van der Waals surface area (Å²) in [6, 6.07) is 5.03. The SMILES string of the molecule is Fc1c(Cl)cccc1Cc1noc(C2CCCN2)n1. The van der Waals surface area contributed by atoms with Gasteiger partial charge in [0.25, 0.3) is 0 Å². The van der Waals surface area contributed by atoms with Gasteiger partial charge in [0.05, 0.1) is 11.1 Å². The molecule has 3 rings (SSSR count). The Morgan fingerprint density at radius 3 is 3.16 bits per heavy atom. The Morgan fingerprint density at radius 1 is 1.47 bits per heavy atom. The van der Waals surface area contributed by atoms with E-state index in [1.54, 1.807) is 12.1 Å². The molecule has 0 spiro atoms. The molecule has 1 aromatic carbocycles. The average molecular weight is 282 g/mol. The van der Waals surface area contributed by atoms with E-state index in [4.69, 9.17) is 16.1 Å². The van der Waals surface area contributed by atoms with Crippen molar-refractivity contribution in [2.45, 2.75) is 25.3 Å². The fourth-order valence-corrected chi connectivity index (χ4v) is 2.43. The van der Waals surface area contributed by atoms with E-state index in [2.05, 4.69) is 15.5 Å². The largest absolute Gasteiger partial charge is 0.338 e. The van der Waals surface area contributed by atoms with Crippen LogP contribution in [0, 0.1) is 5.82 Å². The summed E-state index contributed by atoms with van der Waals surface area (Å²) in [6.07, 6.45) is 2.38. The van der Waals surface area contributed by atoms with Gasteiger partial charge >= 0.3 is 0 Å². The third-order valence-corrected chi connectivity index (χ3v) is 3.51. The maximum absolute atomic E-state index is 13.8. The molecule has 1 saturated heterocycles. The molecule has 0 amide bonds. The first kappa shape index (κ1) is 12.6. The molecular formula is C13H13ClFN3O. The molecule has 19 heavy (non-hydrogen) atoms. The molecule has 1 fully saturated rings. The molecule has 100 valence electrons. The van der Waals surface area contributed by atoms with Crippen molar-refractivity contribution < 1.29 is 8.91 Å². The molecule has 0 saturated carbocycles. The molecule has 0 radical (unpaired) electrons. The highest BCUT2D eigenvalue weighted by Gasteiger charge is 2.22. The van der Waals surface area contributed by atoms with E-state index < -0.39 is 5.82 Å². The summed E-state index contributed by atoms with van der Waals surface area (Å²) in [5.41, 5.74) is 0.472. The Bertz CT molecular complexity index is 581. The van der Waals surface area contributed by atoms with Crippen LogP contribution in [0.15, 0.2) is 22.7 Å². The highest BCUT2D eigenvalue weighted by atomic mass is 35.5. The predicted molar refractivity (Wildman–Crippen MR) is 68.5 cm³/mol. The molecule has 2 aromatic rings. The van der Waals surface area contributed by atoms with Crippen molar-refractivity contribution in [3.8, 4) is 0 Å². The van der Waals surface area contributed by atoms with E-state index in [-0.39, 0.29) is 17.5 Å². The maximum atomic E-state index is 13.8. The van der Waals surface area contributed by atoms with Gasteiger partial charge in [-0.1, -0.05) is 28.9 Å². The Balaban J connectivity index is 1.78. The maximum Gasteiger partial charge on any atom is 0.243 e. The summed E-state index contributed by atoms with van der Waals surface area (Å²) in [4.78, 5) is 4.31. The minimum absolute atomic E-state index is 0.110. The molecule has 1 aliphatic rings. The van der Waals surface area contributed by atoms with Gasteiger partial charge in [-0.25, -0.2) is 4.39 Å². The van der Waals surface area contributed by atoms with Crippen LogP contribution in [0.5, 0.6) is 0 Å². The zero-order valence-electron chi connectivity index (χ0n) is 10.2. The number of hydrogen-bond donors (Lipinski definition) is 1. The van der Waals surface area contributed by atoms with Crippen molar-refractivity contribution in [2.75, 3.05) is 6.54 Å². The monoisotopic (exact) mass is 281 g/mol. The number of benzene rings is 1. The van der Waals surface area contributed by atoms with Gasteiger partial charge in [0.15, 0.2) is 5.82 Å². The van der Waals surface area contributed by atoms with Gasteiger partial charge < -0.3 is 9.84 Å². The van der Waals surface area contributed by atoms with E-state index >= 15 is 0 Å². The van der Waals surface area contributed by atoms with Crippen LogP contribution in [-0.4, -0.2) is 16.7 Å². The van der Waals surface area contributed by atoms with Crippen LogP contribution in [0.1, 0.15) is 36.2 Å². The topological polar surface area (TPSA) is 51.0 Å². The molecule has 1 aliphatic heterocycles. The fourth-order valence-electron chi connectivity index (χ4n) is 2.23. The van der Waals surface area contributed by atoms with Crippen molar-refractivity contribution in [3.05, 3.63) is 46.3 Å². The van der Waals surface area contributed by atoms with Crippen LogP contribution in [-0.2, 0) is 6.42 Å². The summed E-state index contributed by atoms with van der Waals surface area (Å²) in [6.45, 7) is 0.964. The molecule has 2 heterocycles. The van der Waals surface area contributed by atoms with Crippen molar-refractivity contribution in [1.29, 1.82) is 0 Å². The molecule has 4 nitrogen and oxygen atoms in total. The van der Waals surface area contributed by atoms with Crippen molar-refractivity contribution in [2.24, 2.45) is 0 Å². The van der Waals surface area contributed by atoms with E-state index in [1.807, 2.05) is 0 Å². The van der Waals surface area contributed by atoms with Crippen LogP contribution in [0.4, 0.5) is 4.39 Å². The number of aromatic nitrogens is 2. The minimum atomic E-state index is -0.422. The second kappa shape index (κ2) is 5.27. The average Bonchev–Trinajstić information content (AvgIpc) is 3.05. The van der Waals surface area contributed by atoms with Gasteiger partial charge in [-0.05, 0) is 31.0 Å². The molecule has 1 aromatic heterocycles. The van der Waals surface area contributed by atoms with Crippen LogP contribution < -0.4 is 5.32 Å². The fraction of sp³-hybridized carbons (Fsp3) is 0.385. The summed E-state index contributed by atoms with van der Waals surface area (Å²) < 4.78 is 19.0. The summed E-state index contributed by atoms with van der Waals surface area (Å²) >= 11 is 5.74. The number of nitrogens with one attached hydrogen (secondary N) is 1. The smallest absolute Gasteiger partial charge is 0.243 e. The van der Waals surface area contributed by atoms with Crippen molar-refractivity contribution >= 4 is 11.6 Å². The zero-order chi connectivity index (χ0) is 13.2. The number of hydrogen-bond acceptors (Lipinski definition) is 4. The third kappa shape index (κ3) is 2.62. The lowest BCUT2D eigenvalue weighted by atomic mass is 10.1. The Morgan fingerprint density at radius 2 is 2.37 bits per heavy atom. The second-order valence-corrected chi connectivity index (χ2v) is 4.99. The van der Waals surface area contributed by atoms with E-state index in [0.717, 1.165) is 19.4 Å². The Labute approximate surface area is 115 Å². The summed E-state index contributed by atoms with van der Waals surface area (Å²) in [7, 11) is 0. The standard InChI is InChI=1S/C13H13ClFN3O/c14-9-4-1-3-8(12(9)15)7-11-17-13(19-18-11)10-5-2-6-16-10/h1,3-4,10,16H,2,5-7H2. The molecule has 0 aliphatic carbocycles. The van der Waals surface area contributed by atoms with Gasteiger partial charge in [-0.3, -0.25) is 0 Å². The lowest BCUT2D eigenvalue weighted by molar-refractivity contribution is 0.341.